The lowest BCUT2D eigenvalue weighted by molar-refractivity contribution is -0.121. The molecule has 2 aromatic carbocycles. The summed E-state index contributed by atoms with van der Waals surface area (Å²) in [6, 6.07) is 17.2. The van der Waals surface area contributed by atoms with Crippen molar-refractivity contribution in [3.63, 3.8) is 0 Å². The number of nitrogens with one attached hydrogen (secondary N) is 1. The number of hydrogen-bond donors (Lipinski definition) is 2. The smallest absolute Gasteiger partial charge is 0.231 e. The monoisotopic (exact) mass is 386 g/mol. The molecule has 0 aliphatic heterocycles. The maximum absolute atomic E-state index is 12.2. The first-order valence-electron chi connectivity index (χ1n) is 8.61. The van der Waals surface area contributed by atoms with Gasteiger partial charge in [0.1, 0.15) is 0 Å². The van der Waals surface area contributed by atoms with E-state index in [1.54, 1.807) is 0 Å². The van der Waals surface area contributed by atoms with Crippen molar-refractivity contribution in [2.75, 3.05) is 5.73 Å². The standard InChI is InChI=1S/C20H22N4O2.ClH/c1-14(22-18(25)12-11-16-9-5-6-10-17(16)21)20-23-19(26-24-20)13-15-7-3-2-4-8-15;/h2-10,14H,11-13,21H2,1H3,(H,22,25);1H. The van der Waals surface area contributed by atoms with Crippen LogP contribution >= 0.6 is 12.4 Å². The summed E-state index contributed by atoms with van der Waals surface area (Å²) in [4.78, 5) is 16.5. The minimum atomic E-state index is -0.316. The molecular formula is C20H23ClN4O2. The third-order valence-electron chi connectivity index (χ3n) is 4.12. The molecule has 142 valence electrons. The first-order valence-corrected chi connectivity index (χ1v) is 8.61. The van der Waals surface area contributed by atoms with E-state index < -0.39 is 0 Å². The van der Waals surface area contributed by atoms with Crippen molar-refractivity contribution in [2.45, 2.75) is 32.2 Å². The highest BCUT2D eigenvalue weighted by Gasteiger charge is 2.16. The van der Waals surface area contributed by atoms with Crippen molar-refractivity contribution in [3.05, 3.63) is 77.4 Å². The van der Waals surface area contributed by atoms with Crippen molar-refractivity contribution >= 4 is 24.0 Å². The highest BCUT2D eigenvalue weighted by Crippen LogP contribution is 2.14. The largest absolute Gasteiger partial charge is 0.399 e. The summed E-state index contributed by atoms with van der Waals surface area (Å²) in [5, 5.41) is 6.88. The average molecular weight is 387 g/mol. The van der Waals surface area contributed by atoms with Gasteiger partial charge in [0.2, 0.25) is 11.8 Å². The Morgan fingerprint density at radius 1 is 1.15 bits per heavy atom. The van der Waals surface area contributed by atoms with E-state index in [1.165, 1.54) is 0 Å². The lowest BCUT2D eigenvalue weighted by atomic mass is 10.1. The topological polar surface area (TPSA) is 94.0 Å². The number of nitrogen functional groups attached to an aromatic ring is 1. The van der Waals surface area contributed by atoms with Crippen LogP contribution in [0.3, 0.4) is 0 Å². The Kier molecular flexibility index (Phi) is 7.37. The van der Waals surface area contributed by atoms with Gasteiger partial charge >= 0.3 is 0 Å². The Balaban J connectivity index is 0.00000261. The third kappa shape index (κ3) is 5.82. The van der Waals surface area contributed by atoms with Gasteiger partial charge in [0.25, 0.3) is 0 Å². The van der Waals surface area contributed by atoms with E-state index in [4.69, 9.17) is 10.3 Å². The summed E-state index contributed by atoms with van der Waals surface area (Å²) in [7, 11) is 0. The molecule has 1 amide bonds. The Bertz CT molecular complexity index is 867. The van der Waals surface area contributed by atoms with Crippen LogP contribution in [0.5, 0.6) is 0 Å². The number of carbonyl (C=O) groups is 1. The lowest BCUT2D eigenvalue weighted by Crippen LogP contribution is -2.27. The molecule has 1 aromatic heterocycles. The summed E-state index contributed by atoms with van der Waals surface area (Å²) in [6.45, 7) is 1.84. The van der Waals surface area contributed by atoms with E-state index in [0.717, 1.165) is 11.1 Å². The molecule has 0 saturated carbocycles. The molecule has 0 aliphatic rings. The molecule has 0 radical (unpaired) electrons. The molecule has 1 unspecified atom stereocenters. The van der Waals surface area contributed by atoms with Gasteiger partial charge in [0.05, 0.1) is 12.5 Å². The van der Waals surface area contributed by atoms with Gasteiger partial charge in [-0.05, 0) is 30.5 Å². The Labute approximate surface area is 164 Å². The van der Waals surface area contributed by atoms with Crippen LogP contribution in [0.25, 0.3) is 0 Å². The van der Waals surface area contributed by atoms with Crippen molar-refractivity contribution in [2.24, 2.45) is 0 Å². The molecule has 27 heavy (non-hydrogen) atoms. The normalized spacial score (nSPS) is 11.4. The second-order valence-corrected chi connectivity index (χ2v) is 6.20. The number of carbonyl (C=O) groups excluding carboxylic acids is 1. The first-order chi connectivity index (χ1) is 12.6. The predicted molar refractivity (Wildman–Crippen MR) is 107 cm³/mol. The summed E-state index contributed by atoms with van der Waals surface area (Å²) in [6.07, 6.45) is 1.52. The molecule has 3 aromatic rings. The third-order valence-corrected chi connectivity index (χ3v) is 4.12. The van der Waals surface area contributed by atoms with Crippen LogP contribution in [0.15, 0.2) is 59.1 Å². The molecule has 3 N–H and O–H groups in total. The second kappa shape index (κ2) is 9.73. The molecule has 1 heterocycles. The van der Waals surface area contributed by atoms with Crippen LogP contribution in [-0.4, -0.2) is 16.0 Å². The average Bonchev–Trinajstić information content (AvgIpc) is 3.10. The number of para-hydroxylation sites is 1. The van der Waals surface area contributed by atoms with Crippen LogP contribution in [0, 0.1) is 0 Å². The molecule has 0 spiro atoms. The van der Waals surface area contributed by atoms with E-state index in [9.17, 15) is 4.79 Å². The number of anilines is 1. The molecule has 7 heteroatoms. The highest BCUT2D eigenvalue weighted by molar-refractivity contribution is 5.85. The zero-order chi connectivity index (χ0) is 18.4. The Morgan fingerprint density at radius 3 is 2.59 bits per heavy atom. The minimum absolute atomic E-state index is 0. The first kappa shape index (κ1) is 20.5. The molecule has 1 atom stereocenters. The maximum Gasteiger partial charge on any atom is 0.231 e. The van der Waals surface area contributed by atoms with Crippen molar-refractivity contribution in [3.8, 4) is 0 Å². The number of rotatable bonds is 7. The number of aromatic nitrogens is 2. The van der Waals surface area contributed by atoms with Crippen LogP contribution in [0.2, 0.25) is 0 Å². The number of hydrogen-bond acceptors (Lipinski definition) is 5. The van der Waals surface area contributed by atoms with Gasteiger partial charge in [-0.2, -0.15) is 4.98 Å². The van der Waals surface area contributed by atoms with Gasteiger partial charge in [0.15, 0.2) is 5.82 Å². The summed E-state index contributed by atoms with van der Waals surface area (Å²) >= 11 is 0. The molecular weight excluding hydrogens is 364 g/mol. The van der Waals surface area contributed by atoms with Crippen molar-refractivity contribution in [1.29, 1.82) is 0 Å². The Morgan fingerprint density at radius 2 is 1.85 bits per heavy atom. The lowest BCUT2D eigenvalue weighted by Gasteiger charge is -2.10. The second-order valence-electron chi connectivity index (χ2n) is 6.20. The van der Waals surface area contributed by atoms with Gasteiger partial charge < -0.3 is 15.6 Å². The van der Waals surface area contributed by atoms with E-state index in [0.29, 0.717) is 36.7 Å². The summed E-state index contributed by atoms with van der Waals surface area (Å²) in [5.74, 6) is 0.933. The summed E-state index contributed by atoms with van der Waals surface area (Å²) < 4.78 is 5.29. The molecule has 3 rings (SSSR count). The fraction of sp³-hybridized carbons (Fsp3) is 0.250. The highest BCUT2D eigenvalue weighted by atomic mass is 35.5. The molecule has 0 bridgehead atoms. The number of amides is 1. The molecule has 6 nitrogen and oxygen atoms in total. The van der Waals surface area contributed by atoms with Gasteiger partial charge in [-0.15, -0.1) is 12.4 Å². The fourth-order valence-corrected chi connectivity index (χ4v) is 2.67. The SMILES string of the molecule is CC(NC(=O)CCc1ccccc1N)c1noc(Cc2ccccc2)n1.Cl. The number of nitrogens with zero attached hydrogens (tertiary/aromatic N) is 2. The van der Waals surface area contributed by atoms with Crippen LogP contribution in [0.4, 0.5) is 5.69 Å². The fourth-order valence-electron chi connectivity index (χ4n) is 2.67. The predicted octanol–water partition coefficient (Wildman–Crippen LogP) is 3.47. The van der Waals surface area contributed by atoms with Crippen LogP contribution in [-0.2, 0) is 17.6 Å². The zero-order valence-corrected chi connectivity index (χ0v) is 15.9. The van der Waals surface area contributed by atoms with Gasteiger partial charge in [0, 0.05) is 12.1 Å². The number of nitrogens with two attached hydrogens (primary N) is 1. The van der Waals surface area contributed by atoms with Crippen molar-refractivity contribution < 1.29 is 9.32 Å². The van der Waals surface area contributed by atoms with Crippen molar-refractivity contribution in [1.82, 2.24) is 15.5 Å². The minimum Gasteiger partial charge on any atom is -0.399 e. The number of aryl methyl sites for hydroxylation is 1. The van der Waals surface area contributed by atoms with Gasteiger partial charge in [-0.3, -0.25) is 4.79 Å². The Hall–Kier alpha value is -2.86. The molecule has 0 aliphatic carbocycles. The van der Waals surface area contributed by atoms with Gasteiger partial charge in [-0.25, -0.2) is 0 Å². The van der Waals surface area contributed by atoms with Gasteiger partial charge in [-0.1, -0.05) is 53.7 Å². The van der Waals surface area contributed by atoms with Crippen LogP contribution < -0.4 is 11.1 Å². The molecule has 0 saturated heterocycles. The van der Waals surface area contributed by atoms with E-state index in [2.05, 4.69) is 15.5 Å². The number of halogens is 1. The zero-order valence-electron chi connectivity index (χ0n) is 15.1. The van der Waals surface area contributed by atoms with E-state index in [1.807, 2.05) is 61.5 Å². The summed E-state index contributed by atoms with van der Waals surface area (Å²) in [5.41, 5.74) is 8.68. The van der Waals surface area contributed by atoms with E-state index >= 15 is 0 Å². The van der Waals surface area contributed by atoms with E-state index in [-0.39, 0.29) is 24.4 Å². The quantitative estimate of drug-likeness (QED) is 0.606. The molecule has 0 fully saturated rings. The maximum atomic E-state index is 12.2. The van der Waals surface area contributed by atoms with Crippen LogP contribution in [0.1, 0.15) is 42.2 Å². The number of benzene rings is 2.